The Hall–Kier alpha value is -1.78. The third-order valence-electron chi connectivity index (χ3n) is 3.33. The van der Waals surface area contributed by atoms with Gasteiger partial charge in [-0.15, -0.1) is 0 Å². The minimum absolute atomic E-state index is 0.0672. The van der Waals surface area contributed by atoms with Gasteiger partial charge < -0.3 is 18.9 Å². The molecule has 0 unspecified atom stereocenters. The third kappa shape index (κ3) is 10.5. The first kappa shape index (κ1) is 24.3. The average Bonchev–Trinajstić information content (AvgIpc) is 2.65. The van der Waals surface area contributed by atoms with Gasteiger partial charge in [0, 0.05) is 5.57 Å². The minimum Gasteiger partial charge on any atom is -0.460 e. The SMILES string of the molecule is C=C(C)C(=O)OCCOCCOCCOCCOS(=O)(=O)c1ccc(C)cc1. The first-order valence-corrected chi connectivity index (χ1v) is 10.3. The molecule has 1 aromatic rings. The van der Waals surface area contributed by atoms with Crippen molar-refractivity contribution in [2.45, 2.75) is 18.7 Å². The van der Waals surface area contributed by atoms with Crippen molar-refractivity contribution in [1.82, 2.24) is 0 Å². The lowest BCUT2D eigenvalue weighted by Crippen LogP contribution is -2.15. The molecule has 0 radical (unpaired) electrons. The second kappa shape index (κ2) is 13.4. The van der Waals surface area contributed by atoms with Gasteiger partial charge in [0.25, 0.3) is 10.1 Å². The zero-order chi connectivity index (χ0) is 20.8. The van der Waals surface area contributed by atoms with Gasteiger partial charge in [0.2, 0.25) is 0 Å². The predicted octanol–water partition coefficient (Wildman–Crippen LogP) is 1.87. The quantitative estimate of drug-likeness (QED) is 0.185. The molecule has 0 bridgehead atoms. The standard InChI is InChI=1S/C19H28O8S/c1-16(2)19(20)26-14-12-24-10-8-23-9-11-25-13-15-27-28(21,22)18-6-4-17(3)5-7-18/h4-7H,1,8-15H2,2-3H3. The summed E-state index contributed by atoms with van der Waals surface area (Å²) in [5.41, 5.74) is 1.32. The summed E-state index contributed by atoms with van der Waals surface area (Å²) in [6.07, 6.45) is 0. The highest BCUT2D eigenvalue weighted by Gasteiger charge is 2.14. The Morgan fingerprint density at radius 2 is 1.32 bits per heavy atom. The maximum absolute atomic E-state index is 11.9. The lowest BCUT2D eigenvalue weighted by atomic mass is 10.2. The molecule has 0 saturated heterocycles. The zero-order valence-corrected chi connectivity index (χ0v) is 17.2. The summed E-state index contributed by atoms with van der Waals surface area (Å²) < 4.78 is 49.5. The van der Waals surface area contributed by atoms with Crippen LogP contribution in [0.1, 0.15) is 12.5 Å². The number of carbonyl (C=O) groups excluding carboxylic acids is 1. The fraction of sp³-hybridized carbons (Fsp3) is 0.526. The van der Waals surface area contributed by atoms with Crippen molar-refractivity contribution in [3.63, 3.8) is 0 Å². The van der Waals surface area contributed by atoms with E-state index < -0.39 is 16.1 Å². The molecular weight excluding hydrogens is 388 g/mol. The molecule has 0 saturated carbocycles. The number of aryl methyl sites for hydroxylation is 1. The van der Waals surface area contributed by atoms with Crippen LogP contribution >= 0.6 is 0 Å². The molecule has 8 nitrogen and oxygen atoms in total. The number of hydrogen-bond donors (Lipinski definition) is 0. The number of hydrogen-bond acceptors (Lipinski definition) is 8. The number of carbonyl (C=O) groups is 1. The Morgan fingerprint density at radius 3 is 1.82 bits per heavy atom. The highest BCUT2D eigenvalue weighted by Crippen LogP contribution is 2.12. The Balaban J connectivity index is 1.95. The highest BCUT2D eigenvalue weighted by molar-refractivity contribution is 7.86. The number of rotatable bonds is 15. The maximum atomic E-state index is 11.9. The number of benzene rings is 1. The molecule has 158 valence electrons. The van der Waals surface area contributed by atoms with Crippen LogP contribution < -0.4 is 0 Å². The van der Waals surface area contributed by atoms with Crippen LogP contribution in [0, 0.1) is 6.92 Å². The molecule has 0 heterocycles. The highest BCUT2D eigenvalue weighted by atomic mass is 32.2. The van der Waals surface area contributed by atoms with Gasteiger partial charge in [0.1, 0.15) is 6.61 Å². The Morgan fingerprint density at radius 1 is 0.857 bits per heavy atom. The van der Waals surface area contributed by atoms with Crippen molar-refractivity contribution >= 4 is 16.1 Å². The number of ether oxygens (including phenoxy) is 4. The molecule has 0 spiro atoms. The van der Waals surface area contributed by atoms with Crippen molar-refractivity contribution in [2.75, 3.05) is 52.9 Å². The van der Waals surface area contributed by atoms with Gasteiger partial charge in [-0.2, -0.15) is 8.42 Å². The van der Waals surface area contributed by atoms with E-state index in [1.165, 1.54) is 12.1 Å². The van der Waals surface area contributed by atoms with Gasteiger partial charge in [-0.1, -0.05) is 24.3 Å². The lowest BCUT2D eigenvalue weighted by Gasteiger charge is -2.08. The monoisotopic (exact) mass is 416 g/mol. The van der Waals surface area contributed by atoms with Crippen LogP contribution in [0.2, 0.25) is 0 Å². The van der Waals surface area contributed by atoms with E-state index in [4.69, 9.17) is 23.1 Å². The summed E-state index contributed by atoms with van der Waals surface area (Å²) in [6.45, 7) is 8.84. The predicted molar refractivity (Wildman–Crippen MR) is 103 cm³/mol. The average molecular weight is 416 g/mol. The molecule has 0 fully saturated rings. The van der Waals surface area contributed by atoms with Gasteiger partial charge in [-0.05, 0) is 26.0 Å². The summed E-state index contributed by atoms with van der Waals surface area (Å²) in [5.74, 6) is -0.437. The van der Waals surface area contributed by atoms with Crippen LogP contribution in [-0.2, 0) is 38.0 Å². The van der Waals surface area contributed by atoms with E-state index in [0.29, 0.717) is 32.0 Å². The zero-order valence-electron chi connectivity index (χ0n) is 16.3. The molecule has 0 atom stereocenters. The number of esters is 1. The van der Waals surface area contributed by atoms with E-state index >= 15 is 0 Å². The fourth-order valence-electron chi connectivity index (χ4n) is 1.83. The van der Waals surface area contributed by atoms with Crippen molar-refractivity contribution in [3.05, 3.63) is 42.0 Å². The van der Waals surface area contributed by atoms with E-state index in [1.807, 2.05) is 6.92 Å². The second-order valence-electron chi connectivity index (χ2n) is 5.84. The van der Waals surface area contributed by atoms with Crippen molar-refractivity contribution < 1.29 is 36.3 Å². The molecule has 0 N–H and O–H groups in total. The first-order valence-electron chi connectivity index (χ1n) is 8.85. The summed E-state index contributed by atoms with van der Waals surface area (Å²) in [4.78, 5) is 11.2. The van der Waals surface area contributed by atoms with Crippen molar-refractivity contribution in [2.24, 2.45) is 0 Å². The van der Waals surface area contributed by atoms with Gasteiger partial charge in [-0.3, -0.25) is 4.18 Å². The molecular formula is C19H28O8S. The Kier molecular flexibility index (Phi) is 11.6. The van der Waals surface area contributed by atoms with Crippen LogP contribution in [0.4, 0.5) is 0 Å². The fourth-order valence-corrected chi connectivity index (χ4v) is 2.73. The third-order valence-corrected chi connectivity index (χ3v) is 4.66. The molecule has 28 heavy (non-hydrogen) atoms. The minimum atomic E-state index is -3.76. The van der Waals surface area contributed by atoms with E-state index in [1.54, 1.807) is 19.1 Å². The van der Waals surface area contributed by atoms with Crippen LogP contribution in [0.15, 0.2) is 41.3 Å². The molecule has 1 aromatic carbocycles. The summed E-state index contributed by atoms with van der Waals surface area (Å²) >= 11 is 0. The first-order chi connectivity index (χ1) is 13.3. The summed E-state index contributed by atoms with van der Waals surface area (Å²) in [5, 5.41) is 0. The molecule has 0 aromatic heterocycles. The summed E-state index contributed by atoms with van der Waals surface area (Å²) in [6, 6.07) is 6.43. The molecule has 1 rings (SSSR count). The second-order valence-corrected chi connectivity index (χ2v) is 7.46. The van der Waals surface area contributed by atoms with Gasteiger partial charge in [0.05, 0.1) is 51.1 Å². The van der Waals surface area contributed by atoms with Gasteiger partial charge >= 0.3 is 5.97 Å². The van der Waals surface area contributed by atoms with Crippen LogP contribution in [0.25, 0.3) is 0 Å². The van der Waals surface area contributed by atoms with E-state index in [2.05, 4.69) is 6.58 Å². The van der Waals surface area contributed by atoms with E-state index in [9.17, 15) is 13.2 Å². The van der Waals surface area contributed by atoms with Gasteiger partial charge in [0.15, 0.2) is 0 Å². The normalized spacial score (nSPS) is 11.4. The maximum Gasteiger partial charge on any atom is 0.333 e. The van der Waals surface area contributed by atoms with Crippen LogP contribution in [0.3, 0.4) is 0 Å². The molecule has 0 aliphatic heterocycles. The molecule has 0 aliphatic carbocycles. The molecule has 9 heteroatoms. The largest absolute Gasteiger partial charge is 0.460 e. The molecule has 0 aliphatic rings. The van der Waals surface area contributed by atoms with Gasteiger partial charge in [-0.25, -0.2) is 4.79 Å². The van der Waals surface area contributed by atoms with E-state index in [-0.39, 0.29) is 31.3 Å². The topological polar surface area (TPSA) is 97.4 Å². The Bertz CT molecular complexity index is 697. The van der Waals surface area contributed by atoms with Crippen LogP contribution in [0.5, 0.6) is 0 Å². The van der Waals surface area contributed by atoms with E-state index in [0.717, 1.165) is 5.56 Å². The Labute approximate surface area is 166 Å². The lowest BCUT2D eigenvalue weighted by molar-refractivity contribution is -0.140. The van der Waals surface area contributed by atoms with Crippen LogP contribution in [-0.4, -0.2) is 67.2 Å². The smallest absolute Gasteiger partial charge is 0.333 e. The van der Waals surface area contributed by atoms with Crippen molar-refractivity contribution in [3.8, 4) is 0 Å². The van der Waals surface area contributed by atoms with Crippen molar-refractivity contribution in [1.29, 1.82) is 0 Å². The molecule has 0 amide bonds. The summed E-state index contributed by atoms with van der Waals surface area (Å²) in [7, 11) is -3.76.